The number of para-hydroxylation sites is 1. The van der Waals surface area contributed by atoms with Crippen molar-refractivity contribution in [2.45, 2.75) is 19.3 Å². The van der Waals surface area contributed by atoms with E-state index in [1.807, 2.05) is 12.1 Å². The molecule has 0 aliphatic heterocycles. The van der Waals surface area contributed by atoms with Gasteiger partial charge >= 0.3 is 0 Å². The Balaban J connectivity index is 1.02. The Morgan fingerprint density at radius 1 is 0.358 bits per heavy atom. The minimum atomic E-state index is 0.000798. The van der Waals surface area contributed by atoms with Crippen LogP contribution in [0.25, 0.3) is 66.4 Å². The fourth-order valence-corrected chi connectivity index (χ4v) is 8.29. The van der Waals surface area contributed by atoms with Gasteiger partial charge in [-0.2, -0.15) is 0 Å². The van der Waals surface area contributed by atoms with Gasteiger partial charge in [0.15, 0.2) is 0 Å². The predicted molar refractivity (Wildman–Crippen MR) is 222 cm³/mol. The molecule has 0 atom stereocenters. The Bertz CT molecular complexity index is 2770. The van der Waals surface area contributed by atoms with E-state index in [0.29, 0.717) is 0 Å². The van der Waals surface area contributed by atoms with Crippen molar-refractivity contribution >= 4 is 39.0 Å². The van der Waals surface area contributed by atoms with Crippen molar-refractivity contribution in [2.24, 2.45) is 0 Å². The number of nitrogens with zero attached hydrogens (tertiary/aromatic N) is 1. The van der Waals surface area contributed by atoms with Gasteiger partial charge in [-0.3, -0.25) is 0 Å². The van der Waals surface area contributed by atoms with E-state index in [1.165, 1.54) is 50.1 Å². The SMILES string of the molecule is CC1(C)c2ccccc2-c2cc(-c3ccc(N(c4ccc(-c5ccccc5)cc4)c4ccc(-c5ccc6oc7ccccc7c6c5)cc4)cc3)ccc21. The van der Waals surface area contributed by atoms with Gasteiger partial charge in [0.1, 0.15) is 11.2 Å². The molecule has 1 aliphatic carbocycles. The summed E-state index contributed by atoms with van der Waals surface area (Å²) in [7, 11) is 0. The molecule has 0 unspecified atom stereocenters. The lowest BCUT2D eigenvalue weighted by Crippen LogP contribution is -2.14. The average molecular weight is 680 g/mol. The summed E-state index contributed by atoms with van der Waals surface area (Å²) in [5.74, 6) is 0. The van der Waals surface area contributed by atoms with Gasteiger partial charge in [0.25, 0.3) is 0 Å². The smallest absolute Gasteiger partial charge is 0.135 e. The molecule has 2 heteroatoms. The van der Waals surface area contributed by atoms with Crippen molar-refractivity contribution in [1.29, 1.82) is 0 Å². The zero-order valence-electron chi connectivity index (χ0n) is 29.8. The van der Waals surface area contributed by atoms with E-state index in [4.69, 9.17) is 4.42 Å². The average Bonchev–Trinajstić information content (AvgIpc) is 3.70. The van der Waals surface area contributed by atoms with Gasteiger partial charge in [0.2, 0.25) is 0 Å². The molecule has 2 nitrogen and oxygen atoms in total. The van der Waals surface area contributed by atoms with E-state index in [9.17, 15) is 0 Å². The second kappa shape index (κ2) is 12.3. The van der Waals surface area contributed by atoms with Crippen molar-refractivity contribution in [1.82, 2.24) is 0 Å². The summed E-state index contributed by atoms with van der Waals surface area (Å²) in [6.07, 6.45) is 0. The van der Waals surface area contributed by atoms with Crippen LogP contribution in [0.5, 0.6) is 0 Å². The zero-order chi connectivity index (χ0) is 35.5. The molecule has 1 aliphatic rings. The number of hydrogen-bond acceptors (Lipinski definition) is 2. The maximum atomic E-state index is 6.10. The maximum Gasteiger partial charge on any atom is 0.135 e. The lowest BCUT2D eigenvalue weighted by molar-refractivity contribution is 0.660. The summed E-state index contributed by atoms with van der Waals surface area (Å²) >= 11 is 0. The highest BCUT2D eigenvalue weighted by molar-refractivity contribution is 6.06. The Morgan fingerprint density at radius 2 is 0.830 bits per heavy atom. The summed E-state index contributed by atoms with van der Waals surface area (Å²) < 4.78 is 6.10. The molecule has 53 heavy (non-hydrogen) atoms. The maximum absolute atomic E-state index is 6.10. The molecule has 10 rings (SSSR count). The first-order valence-corrected chi connectivity index (χ1v) is 18.3. The molecule has 0 bridgehead atoms. The normalized spacial score (nSPS) is 12.9. The van der Waals surface area contributed by atoms with Crippen LogP contribution in [0.1, 0.15) is 25.0 Å². The molecule has 0 spiro atoms. The first kappa shape index (κ1) is 31.1. The lowest BCUT2D eigenvalue weighted by Gasteiger charge is -2.26. The van der Waals surface area contributed by atoms with Crippen LogP contribution in [0.2, 0.25) is 0 Å². The van der Waals surface area contributed by atoms with Crippen molar-refractivity contribution in [2.75, 3.05) is 4.90 Å². The zero-order valence-corrected chi connectivity index (χ0v) is 29.8. The third kappa shape index (κ3) is 5.26. The fraction of sp³-hybridized carbons (Fsp3) is 0.0588. The largest absolute Gasteiger partial charge is 0.456 e. The molecule has 1 aromatic heterocycles. The Kier molecular flexibility index (Phi) is 7.19. The number of rotatable bonds is 6. The number of anilines is 3. The summed E-state index contributed by atoms with van der Waals surface area (Å²) in [5, 5.41) is 2.28. The second-order valence-electron chi connectivity index (χ2n) is 14.6. The van der Waals surface area contributed by atoms with Gasteiger partial charge in [-0.05, 0) is 116 Å². The van der Waals surface area contributed by atoms with E-state index in [1.54, 1.807) is 0 Å². The van der Waals surface area contributed by atoms with Crippen LogP contribution in [0, 0.1) is 0 Å². The summed E-state index contributed by atoms with van der Waals surface area (Å²) in [5.41, 5.74) is 17.8. The van der Waals surface area contributed by atoms with E-state index < -0.39 is 0 Å². The lowest BCUT2D eigenvalue weighted by atomic mass is 9.82. The Hall–Kier alpha value is -6.64. The Labute approximate surface area is 310 Å². The molecule has 0 saturated heterocycles. The van der Waals surface area contributed by atoms with Crippen LogP contribution in [-0.2, 0) is 5.41 Å². The highest BCUT2D eigenvalue weighted by atomic mass is 16.3. The van der Waals surface area contributed by atoms with Gasteiger partial charge in [-0.15, -0.1) is 0 Å². The first-order chi connectivity index (χ1) is 26.0. The minimum absolute atomic E-state index is 0.000798. The highest BCUT2D eigenvalue weighted by Gasteiger charge is 2.35. The number of furan rings is 1. The van der Waals surface area contributed by atoms with Crippen molar-refractivity contribution in [3.63, 3.8) is 0 Å². The van der Waals surface area contributed by atoms with E-state index >= 15 is 0 Å². The van der Waals surface area contributed by atoms with Crippen LogP contribution >= 0.6 is 0 Å². The number of benzene rings is 8. The van der Waals surface area contributed by atoms with Crippen molar-refractivity contribution < 1.29 is 4.42 Å². The fourth-order valence-electron chi connectivity index (χ4n) is 8.29. The summed E-state index contributed by atoms with van der Waals surface area (Å²) in [6, 6.07) is 67.9. The van der Waals surface area contributed by atoms with Gasteiger partial charge in [0.05, 0.1) is 0 Å². The van der Waals surface area contributed by atoms with Crippen LogP contribution < -0.4 is 4.90 Å². The molecular formula is C51H37NO. The molecular weight excluding hydrogens is 643 g/mol. The first-order valence-electron chi connectivity index (χ1n) is 18.3. The number of fused-ring (bicyclic) bond motifs is 6. The van der Waals surface area contributed by atoms with Gasteiger partial charge in [-0.25, -0.2) is 0 Å². The van der Waals surface area contributed by atoms with Crippen LogP contribution in [0.15, 0.2) is 192 Å². The monoisotopic (exact) mass is 679 g/mol. The number of hydrogen-bond donors (Lipinski definition) is 0. The summed E-state index contributed by atoms with van der Waals surface area (Å²) in [6.45, 7) is 4.67. The second-order valence-corrected chi connectivity index (χ2v) is 14.6. The molecule has 252 valence electrons. The molecule has 1 heterocycles. The standard InChI is InChI=1S/C51H37NO/c1-51(2)47-14-8-6-12-43(47)45-32-38(22-30-48(45)51)36-18-26-41(27-19-36)52(40-24-16-35(17-25-40)34-10-4-3-5-11-34)42-28-20-37(21-29-42)39-23-31-50-46(33-39)44-13-7-9-15-49(44)53-50/h3-33H,1-2H3. The van der Waals surface area contributed by atoms with E-state index in [0.717, 1.165) is 44.6 Å². The third-order valence-corrected chi connectivity index (χ3v) is 11.1. The molecule has 8 aromatic carbocycles. The van der Waals surface area contributed by atoms with Crippen LogP contribution in [0.3, 0.4) is 0 Å². The van der Waals surface area contributed by atoms with Crippen LogP contribution in [-0.4, -0.2) is 0 Å². The van der Waals surface area contributed by atoms with E-state index in [2.05, 4.69) is 195 Å². The minimum Gasteiger partial charge on any atom is -0.456 e. The predicted octanol–water partition coefficient (Wildman–Crippen LogP) is 14.4. The molecule has 0 N–H and O–H groups in total. The molecule has 0 amide bonds. The van der Waals surface area contributed by atoms with E-state index in [-0.39, 0.29) is 5.41 Å². The third-order valence-electron chi connectivity index (χ3n) is 11.1. The molecule has 0 fully saturated rings. The Morgan fingerprint density at radius 3 is 1.51 bits per heavy atom. The topological polar surface area (TPSA) is 16.4 Å². The van der Waals surface area contributed by atoms with Crippen LogP contribution in [0.4, 0.5) is 17.1 Å². The van der Waals surface area contributed by atoms with Crippen molar-refractivity contribution in [3.8, 4) is 44.5 Å². The van der Waals surface area contributed by atoms with Crippen molar-refractivity contribution in [3.05, 3.63) is 199 Å². The highest BCUT2D eigenvalue weighted by Crippen LogP contribution is 2.49. The summed E-state index contributed by atoms with van der Waals surface area (Å²) in [4.78, 5) is 2.34. The molecule has 9 aromatic rings. The van der Waals surface area contributed by atoms with Gasteiger partial charge in [-0.1, -0.05) is 141 Å². The molecule has 0 radical (unpaired) electrons. The van der Waals surface area contributed by atoms with Gasteiger partial charge < -0.3 is 9.32 Å². The van der Waals surface area contributed by atoms with Gasteiger partial charge in [0, 0.05) is 33.2 Å². The quantitative estimate of drug-likeness (QED) is 0.174. The molecule has 0 saturated carbocycles.